The van der Waals surface area contributed by atoms with Crippen LogP contribution >= 0.6 is 11.6 Å². The number of aromatic nitrogens is 2. The molecule has 1 aliphatic rings. The SMILES string of the molecule is CC(C)C(=O)Nc1cccc(NC(=O)[C@H]2CCCN(c3ccc(Cl)nn3)C2)c1. The lowest BCUT2D eigenvalue weighted by molar-refractivity contribution is -0.120. The molecule has 0 saturated carbocycles. The van der Waals surface area contributed by atoms with Gasteiger partial charge in [0.2, 0.25) is 11.8 Å². The first-order chi connectivity index (χ1) is 13.4. The van der Waals surface area contributed by atoms with Gasteiger partial charge in [-0.25, -0.2) is 0 Å². The highest BCUT2D eigenvalue weighted by Gasteiger charge is 2.27. The second-order valence-corrected chi connectivity index (χ2v) is 7.60. The normalized spacial score (nSPS) is 16.7. The van der Waals surface area contributed by atoms with Crippen LogP contribution in [-0.4, -0.2) is 35.1 Å². The summed E-state index contributed by atoms with van der Waals surface area (Å²) in [6.07, 6.45) is 1.71. The first-order valence-corrected chi connectivity index (χ1v) is 9.76. The van der Waals surface area contributed by atoms with Crippen LogP contribution in [0.4, 0.5) is 17.2 Å². The van der Waals surface area contributed by atoms with Crippen molar-refractivity contribution in [3.8, 4) is 0 Å². The molecule has 1 atom stereocenters. The fraction of sp³-hybridized carbons (Fsp3) is 0.400. The number of nitrogens with zero attached hydrogens (tertiary/aromatic N) is 3. The molecule has 28 heavy (non-hydrogen) atoms. The number of rotatable bonds is 5. The number of carbonyl (C=O) groups is 2. The van der Waals surface area contributed by atoms with E-state index >= 15 is 0 Å². The van der Waals surface area contributed by atoms with E-state index in [1.807, 2.05) is 32.0 Å². The lowest BCUT2D eigenvalue weighted by atomic mass is 9.97. The van der Waals surface area contributed by atoms with Crippen LogP contribution in [0, 0.1) is 11.8 Å². The van der Waals surface area contributed by atoms with Gasteiger partial charge in [-0.2, -0.15) is 0 Å². The lowest BCUT2D eigenvalue weighted by Gasteiger charge is -2.32. The van der Waals surface area contributed by atoms with Gasteiger partial charge < -0.3 is 15.5 Å². The van der Waals surface area contributed by atoms with E-state index in [1.54, 1.807) is 18.2 Å². The highest BCUT2D eigenvalue weighted by atomic mass is 35.5. The van der Waals surface area contributed by atoms with Crippen molar-refractivity contribution in [1.82, 2.24) is 10.2 Å². The maximum atomic E-state index is 12.8. The molecule has 1 aliphatic heterocycles. The average molecular weight is 402 g/mol. The summed E-state index contributed by atoms with van der Waals surface area (Å²) in [5, 5.41) is 14.1. The zero-order valence-electron chi connectivity index (χ0n) is 16.0. The third kappa shape index (κ3) is 5.19. The molecule has 0 unspecified atom stereocenters. The molecule has 2 aromatic rings. The number of hydrogen-bond acceptors (Lipinski definition) is 5. The fourth-order valence-electron chi connectivity index (χ4n) is 3.08. The smallest absolute Gasteiger partial charge is 0.229 e. The Bertz CT molecular complexity index is 841. The first kappa shape index (κ1) is 20.1. The maximum absolute atomic E-state index is 12.8. The van der Waals surface area contributed by atoms with E-state index < -0.39 is 0 Å². The number of anilines is 3. The standard InChI is InChI=1S/C20H24ClN5O2/c1-13(2)19(27)22-15-6-3-7-16(11-15)23-20(28)14-5-4-10-26(12-14)18-9-8-17(21)24-25-18/h3,6-9,11,13-14H,4-5,10,12H2,1-2H3,(H,22,27)(H,23,28)/t14-/m0/s1. The Morgan fingerprint density at radius 3 is 2.57 bits per heavy atom. The lowest BCUT2D eigenvalue weighted by Crippen LogP contribution is -2.41. The van der Waals surface area contributed by atoms with Crippen molar-refractivity contribution in [1.29, 1.82) is 0 Å². The number of carbonyl (C=O) groups excluding carboxylic acids is 2. The molecule has 0 aliphatic carbocycles. The van der Waals surface area contributed by atoms with Crippen molar-refractivity contribution >= 4 is 40.6 Å². The monoisotopic (exact) mass is 401 g/mol. The van der Waals surface area contributed by atoms with Crippen molar-refractivity contribution in [2.24, 2.45) is 11.8 Å². The molecule has 148 valence electrons. The minimum Gasteiger partial charge on any atom is -0.354 e. The van der Waals surface area contributed by atoms with Gasteiger partial charge in [0, 0.05) is 30.4 Å². The van der Waals surface area contributed by atoms with Gasteiger partial charge in [0.05, 0.1) is 5.92 Å². The topological polar surface area (TPSA) is 87.2 Å². The number of halogens is 1. The third-order valence-electron chi connectivity index (χ3n) is 4.66. The Labute approximate surface area is 169 Å². The predicted octanol–water partition coefficient (Wildman–Crippen LogP) is 3.58. The maximum Gasteiger partial charge on any atom is 0.229 e. The molecule has 1 aromatic heterocycles. The number of hydrogen-bond donors (Lipinski definition) is 2. The van der Waals surface area contributed by atoms with Gasteiger partial charge in [-0.1, -0.05) is 31.5 Å². The molecule has 2 N–H and O–H groups in total. The zero-order chi connectivity index (χ0) is 20.1. The molecule has 8 heteroatoms. The molecule has 1 aromatic carbocycles. The van der Waals surface area contributed by atoms with E-state index in [1.165, 1.54) is 0 Å². The summed E-state index contributed by atoms with van der Waals surface area (Å²) < 4.78 is 0. The predicted molar refractivity (Wildman–Crippen MR) is 111 cm³/mol. The highest BCUT2D eigenvalue weighted by molar-refractivity contribution is 6.29. The average Bonchev–Trinajstić information content (AvgIpc) is 2.69. The summed E-state index contributed by atoms with van der Waals surface area (Å²) >= 11 is 5.80. The van der Waals surface area contributed by atoms with Gasteiger partial charge in [0.15, 0.2) is 11.0 Å². The quantitative estimate of drug-likeness (QED) is 0.799. The Balaban J connectivity index is 1.62. The highest BCUT2D eigenvalue weighted by Crippen LogP contribution is 2.24. The molecule has 2 heterocycles. The second-order valence-electron chi connectivity index (χ2n) is 7.21. The summed E-state index contributed by atoms with van der Waals surface area (Å²) in [5.41, 5.74) is 1.33. The van der Waals surface area contributed by atoms with Crippen molar-refractivity contribution in [3.63, 3.8) is 0 Å². The molecule has 0 radical (unpaired) electrons. The van der Waals surface area contributed by atoms with Gasteiger partial charge in [-0.3, -0.25) is 9.59 Å². The van der Waals surface area contributed by atoms with Crippen LogP contribution in [0.3, 0.4) is 0 Å². The van der Waals surface area contributed by atoms with Gasteiger partial charge in [-0.05, 0) is 43.2 Å². The minimum absolute atomic E-state index is 0.0426. The molecule has 2 amide bonds. The van der Waals surface area contributed by atoms with E-state index in [9.17, 15) is 9.59 Å². The minimum atomic E-state index is -0.153. The van der Waals surface area contributed by atoms with Gasteiger partial charge in [-0.15, -0.1) is 10.2 Å². The number of nitrogens with one attached hydrogen (secondary N) is 2. The molecule has 0 bridgehead atoms. The molecule has 3 rings (SSSR count). The van der Waals surface area contributed by atoms with Crippen LogP contribution in [0.2, 0.25) is 5.15 Å². The van der Waals surface area contributed by atoms with Crippen molar-refractivity contribution in [2.75, 3.05) is 28.6 Å². The van der Waals surface area contributed by atoms with Crippen LogP contribution in [0.25, 0.3) is 0 Å². The molecule has 0 spiro atoms. The second kappa shape index (κ2) is 9.01. The molecule has 7 nitrogen and oxygen atoms in total. The van der Waals surface area contributed by atoms with Crippen LogP contribution < -0.4 is 15.5 Å². The zero-order valence-corrected chi connectivity index (χ0v) is 16.7. The van der Waals surface area contributed by atoms with Gasteiger partial charge in [0.1, 0.15) is 0 Å². The van der Waals surface area contributed by atoms with Gasteiger partial charge >= 0.3 is 0 Å². The molecular formula is C20H24ClN5O2. The number of piperidine rings is 1. The molecule has 1 saturated heterocycles. The fourth-order valence-corrected chi connectivity index (χ4v) is 3.18. The number of amides is 2. The van der Waals surface area contributed by atoms with Crippen LogP contribution in [0.5, 0.6) is 0 Å². The van der Waals surface area contributed by atoms with E-state index in [0.717, 1.165) is 25.2 Å². The van der Waals surface area contributed by atoms with Crippen LogP contribution in [0.15, 0.2) is 36.4 Å². The molecule has 1 fully saturated rings. The van der Waals surface area contributed by atoms with Crippen molar-refractivity contribution in [2.45, 2.75) is 26.7 Å². The summed E-state index contributed by atoms with van der Waals surface area (Å²) in [4.78, 5) is 26.7. The van der Waals surface area contributed by atoms with E-state index in [0.29, 0.717) is 23.1 Å². The molecular weight excluding hydrogens is 378 g/mol. The first-order valence-electron chi connectivity index (χ1n) is 9.38. The Morgan fingerprint density at radius 2 is 1.89 bits per heavy atom. The van der Waals surface area contributed by atoms with E-state index in [-0.39, 0.29) is 23.7 Å². The van der Waals surface area contributed by atoms with E-state index in [4.69, 9.17) is 11.6 Å². The summed E-state index contributed by atoms with van der Waals surface area (Å²) in [6, 6.07) is 10.7. The van der Waals surface area contributed by atoms with Crippen LogP contribution in [-0.2, 0) is 9.59 Å². The third-order valence-corrected chi connectivity index (χ3v) is 4.86. The summed E-state index contributed by atoms with van der Waals surface area (Å²) in [6.45, 7) is 5.07. The largest absolute Gasteiger partial charge is 0.354 e. The Kier molecular flexibility index (Phi) is 6.46. The Morgan fingerprint density at radius 1 is 1.14 bits per heavy atom. The van der Waals surface area contributed by atoms with E-state index in [2.05, 4.69) is 25.7 Å². The van der Waals surface area contributed by atoms with Gasteiger partial charge in [0.25, 0.3) is 0 Å². The number of benzene rings is 1. The van der Waals surface area contributed by atoms with Crippen LogP contribution in [0.1, 0.15) is 26.7 Å². The summed E-state index contributed by atoms with van der Waals surface area (Å²) in [5.74, 6) is 0.359. The van der Waals surface area contributed by atoms with Crippen molar-refractivity contribution < 1.29 is 9.59 Å². The van der Waals surface area contributed by atoms with Crippen molar-refractivity contribution in [3.05, 3.63) is 41.6 Å². The summed E-state index contributed by atoms with van der Waals surface area (Å²) in [7, 11) is 0. The Hall–Kier alpha value is -2.67.